The van der Waals surface area contributed by atoms with Crippen LogP contribution in [0.3, 0.4) is 0 Å². The van der Waals surface area contributed by atoms with Crippen molar-refractivity contribution >= 4 is 11.5 Å². The molecule has 0 saturated carbocycles. The fraction of sp³-hybridized carbons (Fsp3) is 0.467. The molecule has 0 N–H and O–H groups in total. The number of nitrogens with zero attached hydrogens (tertiary/aromatic N) is 2. The van der Waals surface area contributed by atoms with Crippen molar-refractivity contribution in [1.82, 2.24) is 0 Å². The molecule has 92 valence electrons. The fourth-order valence-corrected chi connectivity index (χ4v) is 3.27. The van der Waals surface area contributed by atoms with Crippen LogP contribution in [0.5, 0.6) is 0 Å². The van der Waals surface area contributed by atoms with Crippen molar-refractivity contribution in [2.24, 2.45) is 0 Å². The molecule has 2 aliphatic heterocycles. The number of carbonyl (C=O) groups excluding carboxylic acids is 1. The molecule has 0 radical (unpaired) electrons. The third kappa shape index (κ3) is 1.88. The summed E-state index contributed by atoms with van der Waals surface area (Å²) in [5, 5.41) is 8.66. The van der Waals surface area contributed by atoms with Gasteiger partial charge in [0.05, 0.1) is 12.5 Å². The largest absolute Gasteiger partial charge is 0.365 e. The lowest BCUT2D eigenvalue weighted by Gasteiger charge is -2.36. The fourth-order valence-electron chi connectivity index (χ4n) is 3.27. The van der Waals surface area contributed by atoms with Gasteiger partial charge in [-0.3, -0.25) is 4.79 Å². The molecule has 2 bridgehead atoms. The van der Waals surface area contributed by atoms with Gasteiger partial charge in [0.15, 0.2) is 0 Å². The molecule has 18 heavy (non-hydrogen) atoms. The van der Waals surface area contributed by atoms with E-state index in [0.717, 1.165) is 18.4 Å². The summed E-state index contributed by atoms with van der Waals surface area (Å²) in [6.45, 7) is 0. The first-order valence-electron chi connectivity index (χ1n) is 6.54. The Hall–Kier alpha value is -1.82. The number of hydrogen-bond donors (Lipinski definition) is 0. The molecule has 0 spiro atoms. The highest BCUT2D eigenvalue weighted by Crippen LogP contribution is 2.37. The number of fused-ring (bicyclic) bond motifs is 2. The molecule has 0 aliphatic carbocycles. The number of ketones is 1. The minimum Gasteiger partial charge on any atom is -0.365 e. The Morgan fingerprint density at radius 1 is 1.17 bits per heavy atom. The van der Waals surface area contributed by atoms with Crippen molar-refractivity contribution < 1.29 is 4.79 Å². The standard InChI is InChI=1S/C15H16N2O/c16-8-7-11-1-3-12(4-2-11)17-13-5-6-14(17)10-15(18)9-13/h1-4,13-14H,5-7,9-10H2. The molecule has 2 atom stereocenters. The molecule has 0 amide bonds. The normalized spacial score (nSPS) is 26.2. The Bertz CT molecular complexity index is 484. The lowest BCUT2D eigenvalue weighted by molar-refractivity contribution is -0.120. The summed E-state index contributed by atoms with van der Waals surface area (Å²) in [5.41, 5.74) is 2.26. The third-order valence-corrected chi connectivity index (χ3v) is 4.06. The molecule has 2 saturated heterocycles. The van der Waals surface area contributed by atoms with Crippen LogP contribution in [0.1, 0.15) is 31.2 Å². The average Bonchev–Trinajstić information content (AvgIpc) is 2.64. The van der Waals surface area contributed by atoms with Crippen molar-refractivity contribution in [1.29, 1.82) is 5.26 Å². The zero-order valence-electron chi connectivity index (χ0n) is 10.3. The number of anilines is 1. The van der Waals surface area contributed by atoms with E-state index in [4.69, 9.17) is 5.26 Å². The third-order valence-electron chi connectivity index (χ3n) is 4.06. The topological polar surface area (TPSA) is 44.1 Å². The van der Waals surface area contributed by atoms with E-state index in [1.807, 2.05) is 12.1 Å². The monoisotopic (exact) mass is 240 g/mol. The first kappa shape index (κ1) is 11.3. The predicted octanol–water partition coefficient (Wildman–Crippen LogP) is 2.45. The van der Waals surface area contributed by atoms with E-state index in [1.165, 1.54) is 5.69 Å². The lowest BCUT2D eigenvalue weighted by atomic mass is 10.00. The average molecular weight is 240 g/mol. The molecule has 3 heteroatoms. The Labute approximate surface area is 107 Å². The van der Waals surface area contributed by atoms with E-state index in [-0.39, 0.29) is 0 Å². The molecular formula is C15H16N2O. The quantitative estimate of drug-likeness (QED) is 0.797. The number of carbonyl (C=O) groups is 1. The van der Waals surface area contributed by atoms with Gasteiger partial charge in [-0.2, -0.15) is 5.26 Å². The first-order valence-corrected chi connectivity index (χ1v) is 6.54. The SMILES string of the molecule is N#CCc1ccc(N2C3CCC2CC(=O)C3)cc1. The van der Waals surface area contributed by atoms with Crippen LogP contribution in [0.25, 0.3) is 0 Å². The van der Waals surface area contributed by atoms with E-state index in [2.05, 4.69) is 23.1 Å². The van der Waals surface area contributed by atoms with Crippen LogP contribution in [0.2, 0.25) is 0 Å². The van der Waals surface area contributed by atoms with Crippen molar-refractivity contribution in [2.45, 2.75) is 44.2 Å². The molecule has 2 aliphatic rings. The van der Waals surface area contributed by atoms with Crippen LogP contribution in [0.4, 0.5) is 5.69 Å². The highest BCUT2D eigenvalue weighted by molar-refractivity contribution is 5.83. The second-order valence-corrected chi connectivity index (χ2v) is 5.24. The van der Waals surface area contributed by atoms with Gasteiger partial charge in [-0.05, 0) is 30.5 Å². The Morgan fingerprint density at radius 2 is 1.78 bits per heavy atom. The van der Waals surface area contributed by atoms with Gasteiger partial charge in [-0.1, -0.05) is 12.1 Å². The van der Waals surface area contributed by atoms with Crippen LogP contribution in [0.15, 0.2) is 24.3 Å². The zero-order chi connectivity index (χ0) is 12.5. The minimum absolute atomic E-state index is 0.401. The summed E-state index contributed by atoms with van der Waals surface area (Å²) >= 11 is 0. The Balaban J connectivity index is 1.83. The van der Waals surface area contributed by atoms with Crippen LogP contribution in [-0.2, 0) is 11.2 Å². The van der Waals surface area contributed by atoms with E-state index in [0.29, 0.717) is 37.1 Å². The highest BCUT2D eigenvalue weighted by Gasteiger charge is 2.39. The molecule has 2 fully saturated rings. The van der Waals surface area contributed by atoms with E-state index in [9.17, 15) is 4.79 Å². The van der Waals surface area contributed by atoms with Gasteiger partial charge >= 0.3 is 0 Å². The van der Waals surface area contributed by atoms with Crippen molar-refractivity contribution in [3.05, 3.63) is 29.8 Å². The molecule has 3 rings (SSSR count). The van der Waals surface area contributed by atoms with E-state index < -0.39 is 0 Å². The van der Waals surface area contributed by atoms with Gasteiger partial charge < -0.3 is 4.90 Å². The van der Waals surface area contributed by atoms with Crippen LogP contribution in [0, 0.1) is 11.3 Å². The second kappa shape index (κ2) is 4.45. The van der Waals surface area contributed by atoms with Crippen molar-refractivity contribution in [2.75, 3.05) is 4.90 Å². The molecule has 2 heterocycles. The van der Waals surface area contributed by atoms with E-state index in [1.54, 1.807) is 0 Å². The summed E-state index contributed by atoms with van der Waals surface area (Å²) < 4.78 is 0. The number of nitriles is 1. The molecule has 1 aromatic carbocycles. The van der Waals surface area contributed by atoms with E-state index >= 15 is 0 Å². The first-order chi connectivity index (χ1) is 8.78. The summed E-state index contributed by atoms with van der Waals surface area (Å²) in [6.07, 6.45) is 4.14. The number of hydrogen-bond acceptors (Lipinski definition) is 3. The summed E-state index contributed by atoms with van der Waals surface area (Å²) in [7, 11) is 0. The summed E-state index contributed by atoms with van der Waals surface area (Å²) in [5.74, 6) is 0.417. The van der Waals surface area contributed by atoms with Gasteiger partial charge in [0.2, 0.25) is 0 Å². The minimum atomic E-state index is 0.401. The maximum absolute atomic E-state index is 11.6. The van der Waals surface area contributed by atoms with Gasteiger partial charge in [0, 0.05) is 30.6 Å². The zero-order valence-corrected chi connectivity index (χ0v) is 10.3. The maximum Gasteiger partial charge on any atom is 0.137 e. The summed E-state index contributed by atoms with van der Waals surface area (Å²) in [4.78, 5) is 14.0. The molecule has 0 aromatic heterocycles. The number of benzene rings is 1. The van der Waals surface area contributed by atoms with Crippen molar-refractivity contribution in [3.63, 3.8) is 0 Å². The van der Waals surface area contributed by atoms with Gasteiger partial charge in [-0.25, -0.2) is 0 Å². The number of Topliss-reactive ketones (excluding diaryl/α,β-unsaturated/α-hetero) is 1. The van der Waals surface area contributed by atoms with Crippen molar-refractivity contribution in [3.8, 4) is 6.07 Å². The van der Waals surface area contributed by atoms with Crippen LogP contribution < -0.4 is 4.90 Å². The van der Waals surface area contributed by atoms with Gasteiger partial charge in [-0.15, -0.1) is 0 Å². The molecule has 2 unspecified atom stereocenters. The molecule has 1 aromatic rings. The maximum atomic E-state index is 11.6. The van der Waals surface area contributed by atoms with Crippen LogP contribution in [-0.4, -0.2) is 17.9 Å². The van der Waals surface area contributed by atoms with Gasteiger partial charge in [0.25, 0.3) is 0 Å². The predicted molar refractivity (Wildman–Crippen MR) is 69.3 cm³/mol. The highest BCUT2D eigenvalue weighted by atomic mass is 16.1. The molecule has 3 nitrogen and oxygen atoms in total. The Kier molecular flexibility index (Phi) is 2.79. The second-order valence-electron chi connectivity index (χ2n) is 5.24. The molecular weight excluding hydrogens is 224 g/mol. The number of rotatable bonds is 2. The Morgan fingerprint density at radius 3 is 2.33 bits per heavy atom. The van der Waals surface area contributed by atoms with Gasteiger partial charge in [0.1, 0.15) is 5.78 Å². The number of piperidine rings is 1. The van der Waals surface area contributed by atoms with Crippen LogP contribution >= 0.6 is 0 Å². The summed E-state index contributed by atoms with van der Waals surface area (Å²) in [6, 6.07) is 11.2. The lowest BCUT2D eigenvalue weighted by Crippen LogP contribution is -2.43. The smallest absolute Gasteiger partial charge is 0.137 e.